The van der Waals surface area contributed by atoms with Gasteiger partial charge in [0.15, 0.2) is 0 Å². The van der Waals surface area contributed by atoms with Gasteiger partial charge in [-0.2, -0.15) is 0 Å². The molecule has 11 heteroatoms. The topological polar surface area (TPSA) is 96.0 Å². The predicted octanol–water partition coefficient (Wildman–Crippen LogP) is 5.89. The zero-order chi connectivity index (χ0) is 31.9. The van der Waals surface area contributed by atoms with Crippen LogP contribution in [0.5, 0.6) is 5.75 Å². The van der Waals surface area contributed by atoms with Crippen LogP contribution in [0, 0.1) is 6.92 Å². The summed E-state index contributed by atoms with van der Waals surface area (Å²) in [5, 5.41) is 3.06. The number of aryl methyl sites for hydroxylation is 1. The van der Waals surface area contributed by atoms with Crippen molar-refractivity contribution in [2.75, 3.05) is 25.0 Å². The summed E-state index contributed by atoms with van der Waals surface area (Å²) in [6, 6.07) is 26.1. The third-order valence-electron chi connectivity index (χ3n) is 7.03. The van der Waals surface area contributed by atoms with Crippen LogP contribution in [0.3, 0.4) is 0 Å². The lowest BCUT2D eigenvalue weighted by Gasteiger charge is -2.33. The van der Waals surface area contributed by atoms with E-state index in [1.54, 1.807) is 30.3 Å². The fourth-order valence-corrected chi connectivity index (χ4v) is 6.65. The molecule has 4 aromatic carbocycles. The molecule has 4 rings (SSSR count). The minimum Gasteiger partial charge on any atom is -0.497 e. The van der Waals surface area contributed by atoms with Crippen molar-refractivity contribution < 1.29 is 22.7 Å². The molecule has 0 fully saturated rings. The van der Waals surface area contributed by atoms with Gasteiger partial charge in [-0.05, 0) is 60.5 Å². The Morgan fingerprint density at radius 2 is 1.50 bits per heavy atom. The normalized spacial score (nSPS) is 11.8. The number of nitrogens with one attached hydrogen (secondary N) is 1. The van der Waals surface area contributed by atoms with Gasteiger partial charge in [-0.3, -0.25) is 13.9 Å². The number of carbonyl (C=O) groups excluding carboxylic acids is 2. The van der Waals surface area contributed by atoms with Crippen LogP contribution in [0.1, 0.15) is 16.7 Å². The number of ether oxygens (including phenoxy) is 1. The Morgan fingerprint density at radius 3 is 2.11 bits per heavy atom. The number of hydrogen-bond donors (Lipinski definition) is 1. The molecule has 0 bridgehead atoms. The summed E-state index contributed by atoms with van der Waals surface area (Å²) in [6.45, 7) is 1.23. The van der Waals surface area contributed by atoms with Crippen LogP contribution < -0.4 is 14.4 Å². The second kappa shape index (κ2) is 14.6. The summed E-state index contributed by atoms with van der Waals surface area (Å²) in [7, 11) is -1.25. The fraction of sp³-hybridized carbons (Fsp3) is 0.212. The minimum atomic E-state index is -4.28. The summed E-state index contributed by atoms with van der Waals surface area (Å²) < 4.78 is 34.5. The van der Waals surface area contributed by atoms with Gasteiger partial charge in [0.25, 0.3) is 10.0 Å². The van der Waals surface area contributed by atoms with Crippen LogP contribution in [0.15, 0.2) is 102 Å². The number of methoxy groups -OCH3 is 1. The van der Waals surface area contributed by atoms with Crippen molar-refractivity contribution in [1.29, 1.82) is 0 Å². The number of halogens is 2. The van der Waals surface area contributed by atoms with E-state index in [-0.39, 0.29) is 33.6 Å². The van der Waals surface area contributed by atoms with Crippen molar-refractivity contribution >= 4 is 50.7 Å². The molecule has 4 aromatic rings. The lowest BCUT2D eigenvalue weighted by molar-refractivity contribution is -0.139. The van der Waals surface area contributed by atoms with E-state index in [1.807, 2.05) is 43.3 Å². The lowest BCUT2D eigenvalue weighted by atomic mass is 10.0. The third kappa shape index (κ3) is 8.11. The Kier molecular flexibility index (Phi) is 10.9. The molecule has 2 amide bonds. The van der Waals surface area contributed by atoms with Crippen molar-refractivity contribution in [2.45, 2.75) is 30.8 Å². The zero-order valence-corrected chi connectivity index (χ0v) is 26.9. The quantitative estimate of drug-likeness (QED) is 0.206. The third-order valence-corrected chi connectivity index (χ3v) is 9.25. The molecule has 1 N–H and O–H groups in total. The van der Waals surface area contributed by atoms with Crippen LogP contribution in [0.2, 0.25) is 10.0 Å². The highest BCUT2D eigenvalue weighted by Crippen LogP contribution is 2.30. The SMILES string of the molecule is CNC(=O)C(Cc1ccccc1)N(Cc1cccc(OC)c1)C(=O)CN(c1cc(Cl)cc(Cl)c1)S(=O)(=O)c1ccc(C)cc1. The Hall–Kier alpha value is -4.05. The first-order valence-corrected chi connectivity index (χ1v) is 15.9. The number of benzene rings is 4. The Bertz CT molecular complexity index is 1700. The van der Waals surface area contributed by atoms with E-state index < -0.39 is 34.4 Å². The first-order chi connectivity index (χ1) is 21.0. The van der Waals surface area contributed by atoms with Gasteiger partial charge in [-0.1, -0.05) is 83.4 Å². The Morgan fingerprint density at radius 1 is 0.864 bits per heavy atom. The maximum absolute atomic E-state index is 14.4. The van der Waals surface area contributed by atoms with Crippen molar-refractivity contribution in [2.24, 2.45) is 0 Å². The Labute approximate surface area is 268 Å². The molecular weight excluding hydrogens is 621 g/mol. The molecular formula is C33H33Cl2N3O5S. The molecule has 0 aromatic heterocycles. The zero-order valence-electron chi connectivity index (χ0n) is 24.5. The molecule has 0 aliphatic carbocycles. The van der Waals surface area contributed by atoms with Gasteiger partial charge >= 0.3 is 0 Å². The van der Waals surface area contributed by atoms with E-state index in [1.165, 1.54) is 49.4 Å². The van der Waals surface area contributed by atoms with Crippen LogP contribution >= 0.6 is 23.2 Å². The average molecular weight is 655 g/mol. The second-order valence-electron chi connectivity index (χ2n) is 10.1. The first kappa shape index (κ1) is 32.9. The maximum atomic E-state index is 14.4. The van der Waals surface area contributed by atoms with E-state index in [9.17, 15) is 18.0 Å². The number of carbonyl (C=O) groups is 2. The summed E-state index contributed by atoms with van der Waals surface area (Å²) in [5.74, 6) is -0.431. The van der Waals surface area contributed by atoms with Gasteiger partial charge < -0.3 is 15.0 Å². The van der Waals surface area contributed by atoms with E-state index in [2.05, 4.69) is 5.32 Å². The van der Waals surface area contributed by atoms with Gasteiger partial charge in [-0.15, -0.1) is 0 Å². The number of sulfonamides is 1. The summed E-state index contributed by atoms with van der Waals surface area (Å²) in [4.78, 5) is 29.1. The minimum absolute atomic E-state index is 0.00960. The average Bonchev–Trinajstić information content (AvgIpc) is 3.01. The number of likely N-dealkylation sites (N-methyl/N-ethyl adjacent to an activating group) is 1. The number of nitrogens with zero attached hydrogens (tertiary/aromatic N) is 2. The van der Waals surface area contributed by atoms with Gasteiger partial charge in [0.2, 0.25) is 11.8 Å². The molecule has 0 radical (unpaired) electrons. The second-order valence-corrected chi connectivity index (χ2v) is 12.9. The molecule has 1 unspecified atom stereocenters. The van der Waals surface area contributed by atoms with E-state index >= 15 is 0 Å². The van der Waals surface area contributed by atoms with Crippen molar-refractivity contribution in [1.82, 2.24) is 10.2 Å². The predicted molar refractivity (Wildman–Crippen MR) is 174 cm³/mol. The molecule has 0 heterocycles. The summed E-state index contributed by atoms with van der Waals surface area (Å²) >= 11 is 12.6. The monoisotopic (exact) mass is 653 g/mol. The van der Waals surface area contributed by atoms with Crippen molar-refractivity contribution in [3.05, 3.63) is 124 Å². The molecule has 1 atom stereocenters. The van der Waals surface area contributed by atoms with Gasteiger partial charge in [0, 0.05) is 30.1 Å². The molecule has 0 aliphatic heterocycles. The standard InChI is InChI=1S/C33H33Cl2N3O5S/c1-23-12-14-30(15-13-23)44(41,42)38(28-19-26(34)18-27(35)20-28)22-32(39)37(21-25-10-7-11-29(16-25)43-3)31(33(40)36-2)17-24-8-5-4-6-9-24/h4-16,18-20,31H,17,21-22H2,1-3H3,(H,36,40). The molecule has 0 saturated carbocycles. The first-order valence-electron chi connectivity index (χ1n) is 13.7. The van der Waals surface area contributed by atoms with Gasteiger partial charge in [-0.25, -0.2) is 8.42 Å². The lowest BCUT2D eigenvalue weighted by Crippen LogP contribution is -2.53. The van der Waals surface area contributed by atoms with Crippen LogP contribution in [-0.2, 0) is 32.6 Å². The highest BCUT2D eigenvalue weighted by Gasteiger charge is 2.34. The van der Waals surface area contributed by atoms with Gasteiger partial charge in [0.05, 0.1) is 17.7 Å². The molecule has 0 saturated heterocycles. The molecule has 0 spiro atoms. The van der Waals surface area contributed by atoms with Crippen molar-refractivity contribution in [3.8, 4) is 5.75 Å². The molecule has 8 nitrogen and oxygen atoms in total. The van der Waals surface area contributed by atoms with Crippen LogP contribution in [0.4, 0.5) is 5.69 Å². The van der Waals surface area contributed by atoms with Crippen LogP contribution in [0.25, 0.3) is 0 Å². The molecule has 44 heavy (non-hydrogen) atoms. The van der Waals surface area contributed by atoms with E-state index in [0.29, 0.717) is 11.3 Å². The molecule has 0 aliphatic rings. The smallest absolute Gasteiger partial charge is 0.264 e. The largest absolute Gasteiger partial charge is 0.497 e. The highest BCUT2D eigenvalue weighted by atomic mass is 35.5. The number of anilines is 1. The van der Waals surface area contributed by atoms with E-state index in [4.69, 9.17) is 27.9 Å². The maximum Gasteiger partial charge on any atom is 0.264 e. The summed E-state index contributed by atoms with van der Waals surface area (Å²) in [6.07, 6.45) is 0.198. The number of amides is 2. The number of hydrogen-bond acceptors (Lipinski definition) is 5. The fourth-order valence-electron chi connectivity index (χ4n) is 4.74. The molecule has 230 valence electrons. The van der Waals surface area contributed by atoms with Crippen molar-refractivity contribution in [3.63, 3.8) is 0 Å². The van der Waals surface area contributed by atoms with E-state index in [0.717, 1.165) is 15.4 Å². The van der Waals surface area contributed by atoms with Crippen LogP contribution in [-0.4, -0.2) is 51.9 Å². The van der Waals surface area contributed by atoms with Gasteiger partial charge in [0.1, 0.15) is 18.3 Å². The highest BCUT2D eigenvalue weighted by molar-refractivity contribution is 7.92. The number of rotatable bonds is 12. The Balaban J connectivity index is 1.82. The summed E-state index contributed by atoms with van der Waals surface area (Å²) in [5.41, 5.74) is 2.50.